The van der Waals surface area contributed by atoms with Gasteiger partial charge in [0.05, 0.1) is 10.8 Å². The Morgan fingerprint density at radius 2 is 2.04 bits per heavy atom. The third-order valence-corrected chi connectivity index (χ3v) is 4.89. The standard InChI is InChI=1S/C18H12ClN3OS/c19-16-7-5-12-13-9-11(4-6-14(13)21-18(12)22-16)15(23)10-24-17-3-1-2-8-20-17/h1-9H,10H2,(H,21,22). The van der Waals surface area contributed by atoms with E-state index in [1.54, 1.807) is 12.3 Å². The number of benzene rings is 1. The van der Waals surface area contributed by atoms with Crippen molar-refractivity contribution >= 4 is 51.1 Å². The first-order valence-electron chi connectivity index (χ1n) is 7.36. The van der Waals surface area contributed by atoms with Crippen LogP contribution in [-0.4, -0.2) is 26.5 Å². The van der Waals surface area contributed by atoms with Gasteiger partial charge in [-0.3, -0.25) is 4.79 Å². The number of ketones is 1. The molecule has 4 nitrogen and oxygen atoms in total. The highest BCUT2D eigenvalue weighted by Crippen LogP contribution is 2.27. The third kappa shape index (κ3) is 2.88. The number of hydrogen-bond acceptors (Lipinski definition) is 4. The molecule has 4 aromatic rings. The predicted octanol–water partition coefficient (Wildman–Crippen LogP) is 4.74. The van der Waals surface area contributed by atoms with Gasteiger partial charge in [-0.1, -0.05) is 29.4 Å². The number of aromatic amines is 1. The molecule has 0 saturated carbocycles. The van der Waals surface area contributed by atoms with Crippen molar-refractivity contribution in [3.8, 4) is 0 Å². The van der Waals surface area contributed by atoms with Gasteiger partial charge in [-0.15, -0.1) is 0 Å². The van der Waals surface area contributed by atoms with Gasteiger partial charge in [-0.05, 0) is 42.5 Å². The molecule has 118 valence electrons. The zero-order chi connectivity index (χ0) is 16.5. The lowest BCUT2D eigenvalue weighted by molar-refractivity contribution is 0.102. The Bertz CT molecular complexity index is 1050. The molecule has 0 unspecified atom stereocenters. The second-order valence-corrected chi connectivity index (χ2v) is 6.68. The average Bonchev–Trinajstić information content (AvgIpc) is 2.97. The summed E-state index contributed by atoms with van der Waals surface area (Å²) in [6, 6.07) is 15.0. The van der Waals surface area contributed by atoms with Crippen molar-refractivity contribution in [2.45, 2.75) is 5.03 Å². The summed E-state index contributed by atoms with van der Waals surface area (Å²) in [4.78, 5) is 24.2. The van der Waals surface area contributed by atoms with Crippen LogP contribution in [0, 0.1) is 0 Å². The molecule has 0 amide bonds. The van der Waals surface area contributed by atoms with E-state index in [0.717, 1.165) is 27.0 Å². The van der Waals surface area contributed by atoms with Crippen LogP contribution in [0.25, 0.3) is 21.9 Å². The quantitative estimate of drug-likeness (QED) is 0.327. The molecule has 0 fully saturated rings. The normalized spacial score (nSPS) is 11.2. The van der Waals surface area contributed by atoms with E-state index in [1.165, 1.54) is 11.8 Å². The van der Waals surface area contributed by atoms with E-state index in [0.29, 0.717) is 16.5 Å². The van der Waals surface area contributed by atoms with E-state index < -0.39 is 0 Å². The highest BCUT2D eigenvalue weighted by Gasteiger charge is 2.11. The van der Waals surface area contributed by atoms with Crippen LogP contribution < -0.4 is 0 Å². The van der Waals surface area contributed by atoms with E-state index in [1.807, 2.05) is 42.5 Å². The van der Waals surface area contributed by atoms with Crippen LogP contribution in [0.4, 0.5) is 0 Å². The topological polar surface area (TPSA) is 58.6 Å². The Hall–Kier alpha value is -2.37. The lowest BCUT2D eigenvalue weighted by atomic mass is 10.1. The van der Waals surface area contributed by atoms with Crippen molar-refractivity contribution in [3.63, 3.8) is 0 Å². The van der Waals surface area contributed by atoms with Crippen LogP contribution in [-0.2, 0) is 0 Å². The molecule has 3 aromatic heterocycles. The Balaban J connectivity index is 1.64. The van der Waals surface area contributed by atoms with E-state index in [9.17, 15) is 4.79 Å². The number of carbonyl (C=O) groups excluding carboxylic acids is 1. The number of pyridine rings is 2. The SMILES string of the molecule is O=C(CSc1ccccn1)c1ccc2[nH]c3nc(Cl)ccc3c2c1. The predicted molar refractivity (Wildman–Crippen MR) is 97.9 cm³/mol. The molecule has 1 N–H and O–H groups in total. The molecule has 0 aliphatic heterocycles. The van der Waals surface area contributed by atoms with Crippen molar-refractivity contribution in [1.29, 1.82) is 0 Å². The smallest absolute Gasteiger partial charge is 0.173 e. The molecule has 0 aliphatic carbocycles. The number of thioether (sulfide) groups is 1. The first-order valence-corrected chi connectivity index (χ1v) is 8.72. The van der Waals surface area contributed by atoms with Crippen LogP contribution in [0.3, 0.4) is 0 Å². The first kappa shape index (κ1) is 15.2. The number of rotatable bonds is 4. The largest absolute Gasteiger partial charge is 0.339 e. The second kappa shape index (κ2) is 6.26. The molecule has 24 heavy (non-hydrogen) atoms. The van der Waals surface area contributed by atoms with E-state index in [-0.39, 0.29) is 5.78 Å². The molecule has 3 heterocycles. The Morgan fingerprint density at radius 1 is 1.12 bits per heavy atom. The minimum Gasteiger partial charge on any atom is -0.339 e. The molecule has 0 atom stereocenters. The summed E-state index contributed by atoms with van der Waals surface area (Å²) >= 11 is 7.37. The molecule has 0 saturated heterocycles. The summed E-state index contributed by atoms with van der Waals surface area (Å²) in [5.41, 5.74) is 2.35. The molecule has 4 rings (SSSR count). The van der Waals surface area contributed by atoms with Crippen molar-refractivity contribution in [2.75, 3.05) is 5.75 Å². The van der Waals surface area contributed by atoms with Gasteiger partial charge in [-0.25, -0.2) is 9.97 Å². The van der Waals surface area contributed by atoms with Gasteiger partial charge in [0.1, 0.15) is 10.8 Å². The molecule has 6 heteroatoms. The molecular formula is C18H12ClN3OS. The second-order valence-electron chi connectivity index (χ2n) is 5.30. The maximum Gasteiger partial charge on any atom is 0.173 e. The summed E-state index contributed by atoms with van der Waals surface area (Å²) in [5.74, 6) is 0.429. The first-order chi connectivity index (χ1) is 11.7. The summed E-state index contributed by atoms with van der Waals surface area (Å²) in [6.07, 6.45) is 1.73. The van der Waals surface area contributed by atoms with Crippen LogP contribution >= 0.6 is 23.4 Å². The van der Waals surface area contributed by atoms with Gasteiger partial charge in [0.25, 0.3) is 0 Å². The zero-order valence-electron chi connectivity index (χ0n) is 12.5. The summed E-state index contributed by atoms with van der Waals surface area (Å²) in [6.45, 7) is 0. The summed E-state index contributed by atoms with van der Waals surface area (Å²) < 4.78 is 0. The fourth-order valence-corrected chi connectivity index (χ4v) is 3.48. The minimum atomic E-state index is 0.0730. The van der Waals surface area contributed by atoms with Gasteiger partial charge in [0, 0.05) is 28.0 Å². The van der Waals surface area contributed by atoms with Crippen LogP contribution in [0.1, 0.15) is 10.4 Å². The van der Waals surface area contributed by atoms with Crippen LogP contribution in [0.15, 0.2) is 59.8 Å². The molecular weight excluding hydrogens is 342 g/mol. The fourth-order valence-electron chi connectivity index (χ4n) is 2.58. The van der Waals surface area contributed by atoms with Crippen LogP contribution in [0.5, 0.6) is 0 Å². The van der Waals surface area contributed by atoms with E-state index in [4.69, 9.17) is 11.6 Å². The van der Waals surface area contributed by atoms with Gasteiger partial charge in [0.15, 0.2) is 5.78 Å². The van der Waals surface area contributed by atoms with Crippen molar-refractivity contribution in [1.82, 2.24) is 15.0 Å². The van der Waals surface area contributed by atoms with Gasteiger partial charge >= 0.3 is 0 Å². The highest BCUT2D eigenvalue weighted by atomic mass is 35.5. The number of halogens is 1. The third-order valence-electron chi connectivity index (χ3n) is 3.73. The number of aromatic nitrogens is 3. The monoisotopic (exact) mass is 353 g/mol. The average molecular weight is 354 g/mol. The number of hydrogen-bond donors (Lipinski definition) is 1. The number of Topliss-reactive ketones (excluding diaryl/α,β-unsaturated/α-hetero) is 1. The molecule has 0 radical (unpaired) electrons. The molecule has 1 aromatic carbocycles. The number of nitrogens with one attached hydrogen (secondary N) is 1. The Morgan fingerprint density at radius 3 is 2.88 bits per heavy atom. The minimum absolute atomic E-state index is 0.0730. The molecule has 0 bridgehead atoms. The number of fused-ring (bicyclic) bond motifs is 3. The summed E-state index contributed by atoms with van der Waals surface area (Å²) in [7, 11) is 0. The lowest BCUT2D eigenvalue weighted by Gasteiger charge is -2.02. The van der Waals surface area contributed by atoms with Crippen LogP contribution in [0.2, 0.25) is 5.15 Å². The Labute approximate surface area is 147 Å². The van der Waals surface area contributed by atoms with Gasteiger partial charge in [0.2, 0.25) is 0 Å². The summed E-state index contributed by atoms with van der Waals surface area (Å²) in [5, 5.41) is 3.22. The molecule has 0 aliphatic rings. The number of H-pyrrole nitrogens is 1. The van der Waals surface area contributed by atoms with Crippen molar-refractivity contribution in [3.05, 3.63) is 65.4 Å². The number of nitrogens with zero attached hydrogens (tertiary/aromatic N) is 2. The lowest BCUT2D eigenvalue weighted by Crippen LogP contribution is -2.02. The maximum atomic E-state index is 12.5. The van der Waals surface area contributed by atoms with Crippen molar-refractivity contribution < 1.29 is 4.79 Å². The molecule has 0 spiro atoms. The van der Waals surface area contributed by atoms with Crippen molar-refractivity contribution in [2.24, 2.45) is 0 Å². The fraction of sp³-hybridized carbons (Fsp3) is 0.0556. The maximum absolute atomic E-state index is 12.5. The number of carbonyl (C=O) groups is 1. The Kier molecular flexibility index (Phi) is 3.96. The van der Waals surface area contributed by atoms with E-state index >= 15 is 0 Å². The zero-order valence-corrected chi connectivity index (χ0v) is 14.1. The van der Waals surface area contributed by atoms with E-state index in [2.05, 4.69) is 15.0 Å². The van der Waals surface area contributed by atoms with Gasteiger partial charge < -0.3 is 4.98 Å². The highest BCUT2D eigenvalue weighted by molar-refractivity contribution is 7.99. The van der Waals surface area contributed by atoms with Gasteiger partial charge in [-0.2, -0.15) is 0 Å².